The number of hydrogen-bond donors (Lipinski definition) is 1. The van der Waals surface area contributed by atoms with E-state index in [1.807, 2.05) is 6.92 Å². The maximum absolute atomic E-state index is 10.6. The van der Waals surface area contributed by atoms with E-state index in [-0.39, 0.29) is 5.75 Å². The Balaban J connectivity index is 2.02. The Kier molecular flexibility index (Phi) is 3.35. The van der Waals surface area contributed by atoms with Crippen LogP contribution in [0.25, 0.3) is 11.0 Å². The second kappa shape index (κ2) is 5.16. The van der Waals surface area contributed by atoms with Gasteiger partial charge < -0.3 is 14.6 Å². The molecule has 1 aliphatic rings. The standard InChI is InChI=1S/C13H12N2O4S/c1-7-13(20-6-12(16)17)15-9-5-11-10(4-8(9)14-7)18-2-3-19-11/h4-5H,2-3,6H2,1H3,(H,16,17). The molecular formula is C13H12N2O4S. The van der Waals surface area contributed by atoms with Gasteiger partial charge in [0.25, 0.3) is 0 Å². The van der Waals surface area contributed by atoms with Crippen molar-refractivity contribution in [3.8, 4) is 11.5 Å². The first-order valence-electron chi connectivity index (χ1n) is 6.06. The number of ether oxygens (including phenoxy) is 2. The molecule has 1 N–H and O–H groups in total. The van der Waals surface area contributed by atoms with Gasteiger partial charge in [-0.2, -0.15) is 0 Å². The summed E-state index contributed by atoms with van der Waals surface area (Å²) < 4.78 is 11.0. The van der Waals surface area contributed by atoms with Crippen LogP contribution < -0.4 is 9.47 Å². The highest BCUT2D eigenvalue weighted by atomic mass is 32.2. The van der Waals surface area contributed by atoms with E-state index < -0.39 is 5.97 Å². The summed E-state index contributed by atoms with van der Waals surface area (Å²) in [5.74, 6) is 0.406. The molecular weight excluding hydrogens is 280 g/mol. The largest absolute Gasteiger partial charge is 0.486 e. The van der Waals surface area contributed by atoms with E-state index in [1.54, 1.807) is 12.1 Å². The molecule has 7 heteroatoms. The molecule has 0 aliphatic carbocycles. The minimum absolute atomic E-state index is 0.0361. The molecule has 0 saturated heterocycles. The molecule has 0 bridgehead atoms. The van der Waals surface area contributed by atoms with Crippen LogP contribution in [0.2, 0.25) is 0 Å². The minimum atomic E-state index is -0.876. The molecule has 6 nitrogen and oxygen atoms in total. The van der Waals surface area contributed by atoms with Gasteiger partial charge in [-0.15, -0.1) is 0 Å². The highest BCUT2D eigenvalue weighted by Crippen LogP contribution is 2.34. The van der Waals surface area contributed by atoms with Gasteiger partial charge in [0.15, 0.2) is 11.5 Å². The Morgan fingerprint density at radius 3 is 2.45 bits per heavy atom. The zero-order chi connectivity index (χ0) is 14.1. The summed E-state index contributed by atoms with van der Waals surface area (Å²) in [6.07, 6.45) is 0. The highest BCUT2D eigenvalue weighted by molar-refractivity contribution is 7.99. The van der Waals surface area contributed by atoms with Gasteiger partial charge >= 0.3 is 5.97 Å². The van der Waals surface area contributed by atoms with Crippen molar-refractivity contribution in [3.63, 3.8) is 0 Å². The van der Waals surface area contributed by atoms with Crippen LogP contribution in [-0.2, 0) is 4.79 Å². The van der Waals surface area contributed by atoms with Gasteiger partial charge in [0.1, 0.15) is 18.2 Å². The third-order valence-corrected chi connectivity index (χ3v) is 3.84. The van der Waals surface area contributed by atoms with Gasteiger partial charge in [-0.1, -0.05) is 11.8 Å². The fourth-order valence-electron chi connectivity index (χ4n) is 1.93. The molecule has 0 unspecified atom stereocenters. The Morgan fingerprint density at radius 2 is 1.85 bits per heavy atom. The number of hydrogen-bond acceptors (Lipinski definition) is 6. The van der Waals surface area contributed by atoms with Crippen LogP contribution in [0.15, 0.2) is 17.2 Å². The highest BCUT2D eigenvalue weighted by Gasteiger charge is 2.15. The Hall–Kier alpha value is -2.02. The second-order valence-electron chi connectivity index (χ2n) is 4.28. The fraction of sp³-hybridized carbons (Fsp3) is 0.308. The average Bonchev–Trinajstić information content (AvgIpc) is 2.43. The molecule has 2 heterocycles. The van der Waals surface area contributed by atoms with Crippen molar-refractivity contribution in [2.75, 3.05) is 19.0 Å². The third-order valence-electron chi connectivity index (χ3n) is 2.79. The van der Waals surface area contributed by atoms with Crippen LogP contribution in [0.1, 0.15) is 5.69 Å². The summed E-state index contributed by atoms with van der Waals surface area (Å²) in [5.41, 5.74) is 2.10. The number of fused-ring (bicyclic) bond motifs is 2. The van der Waals surface area contributed by atoms with E-state index in [2.05, 4.69) is 9.97 Å². The zero-order valence-corrected chi connectivity index (χ0v) is 11.6. The van der Waals surface area contributed by atoms with E-state index in [1.165, 1.54) is 0 Å². The van der Waals surface area contributed by atoms with E-state index in [0.717, 1.165) is 11.8 Å². The molecule has 1 aromatic heterocycles. The Morgan fingerprint density at radius 1 is 1.25 bits per heavy atom. The predicted octanol–water partition coefficient (Wildman–Crippen LogP) is 1.89. The van der Waals surface area contributed by atoms with E-state index in [9.17, 15) is 4.79 Å². The van der Waals surface area contributed by atoms with Crippen LogP contribution in [0.5, 0.6) is 11.5 Å². The summed E-state index contributed by atoms with van der Waals surface area (Å²) in [6.45, 7) is 2.85. The maximum atomic E-state index is 10.6. The van der Waals surface area contributed by atoms with Crippen LogP contribution in [-0.4, -0.2) is 40.0 Å². The topological polar surface area (TPSA) is 81.5 Å². The molecule has 0 spiro atoms. The molecule has 0 saturated carbocycles. The summed E-state index contributed by atoms with van der Waals surface area (Å²) in [6, 6.07) is 3.58. The molecule has 1 aromatic carbocycles. The maximum Gasteiger partial charge on any atom is 0.313 e. The normalized spacial score (nSPS) is 13.4. The van der Waals surface area contributed by atoms with Crippen molar-refractivity contribution < 1.29 is 19.4 Å². The van der Waals surface area contributed by atoms with Gasteiger partial charge in [0, 0.05) is 12.1 Å². The molecule has 0 fully saturated rings. The van der Waals surface area contributed by atoms with Crippen LogP contribution in [0.4, 0.5) is 0 Å². The lowest BCUT2D eigenvalue weighted by molar-refractivity contribution is -0.133. The van der Waals surface area contributed by atoms with Gasteiger partial charge in [-0.3, -0.25) is 4.79 Å². The number of thioether (sulfide) groups is 1. The van der Waals surface area contributed by atoms with Crippen molar-refractivity contribution in [2.45, 2.75) is 11.9 Å². The predicted molar refractivity (Wildman–Crippen MR) is 73.6 cm³/mol. The summed E-state index contributed by atoms with van der Waals surface area (Å²) in [4.78, 5) is 19.5. The van der Waals surface area contributed by atoms with Crippen molar-refractivity contribution >= 4 is 28.8 Å². The smallest absolute Gasteiger partial charge is 0.313 e. The number of aromatic nitrogens is 2. The molecule has 1 aliphatic heterocycles. The number of carbonyl (C=O) groups is 1. The zero-order valence-electron chi connectivity index (χ0n) is 10.8. The first-order chi connectivity index (χ1) is 9.63. The van der Waals surface area contributed by atoms with E-state index >= 15 is 0 Å². The number of carboxylic acid groups (broad SMARTS) is 1. The minimum Gasteiger partial charge on any atom is -0.486 e. The van der Waals surface area contributed by atoms with E-state index in [0.29, 0.717) is 46.5 Å². The van der Waals surface area contributed by atoms with Gasteiger partial charge in [0.05, 0.1) is 22.5 Å². The van der Waals surface area contributed by atoms with Crippen LogP contribution >= 0.6 is 11.8 Å². The monoisotopic (exact) mass is 292 g/mol. The number of carboxylic acids is 1. The van der Waals surface area contributed by atoms with Crippen LogP contribution in [0.3, 0.4) is 0 Å². The third kappa shape index (κ3) is 2.49. The molecule has 0 atom stereocenters. The Labute approximate surface area is 119 Å². The molecule has 104 valence electrons. The van der Waals surface area contributed by atoms with Crippen molar-refractivity contribution in [1.29, 1.82) is 0 Å². The fourth-order valence-corrected chi connectivity index (χ4v) is 2.61. The van der Waals surface area contributed by atoms with Crippen molar-refractivity contribution in [1.82, 2.24) is 9.97 Å². The quantitative estimate of drug-likeness (QED) is 0.865. The first kappa shape index (κ1) is 13.0. The van der Waals surface area contributed by atoms with Crippen LogP contribution in [0, 0.1) is 6.92 Å². The van der Waals surface area contributed by atoms with Gasteiger partial charge in [-0.25, -0.2) is 9.97 Å². The lowest BCUT2D eigenvalue weighted by atomic mass is 10.2. The molecule has 0 radical (unpaired) electrons. The summed E-state index contributed by atoms with van der Waals surface area (Å²) in [5, 5.41) is 9.35. The SMILES string of the molecule is Cc1nc2cc3c(cc2nc1SCC(=O)O)OCCO3. The molecule has 2 aromatic rings. The molecule has 3 rings (SSSR count). The number of aryl methyl sites for hydroxylation is 1. The molecule has 20 heavy (non-hydrogen) atoms. The Bertz CT molecular complexity index is 690. The lowest BCUT2D eigenvalue weighted by Gasteiger charge is -2.18. The molecule has 0 amide bonds. The van der Waals surface area contributed by atoms with Crippen molar-refractivity contribution in [2.24, 2.45) is 0 Å². The van der Waals surface area contributed by atoms with Crippen molar-refractivity contribution in [3.05, 3.63) is 17.8 Å². The van der Waals surface area contributed by atoms with Gasteiger partial charge in [-0.05, 0) is 6.92 Å². The summed E-state index contributed by atoms with van der Waals surface area (Å²) in [7, 11) is 0. The second-order valence-corrected chi connectivity index (χ2v) is 5.25. The van der Waals surface area contributed by atoms with E-state index in [4.69, 9.17) is 14.6 Å². The average molecular weight is 292 g/mol. The number of benzene rings is 1. The number of nitrogens with zero attached hydrogens (tertiary/aromatic N) is 2. The van der Waals surface area contributed by atoms with Gasteiger partial charge in [0.2, 0.25) is 0 Å². The number of rotatable bonds is 3. The first-order valence-corrected chi connectivity index (χ1v) is 7.04. The lowest BCUT2D eigenvalue weighted by Crippen LogP contribution is -2.15. The summed E-state index contributed by atoms with van der Waals surface area (Å²) >= 11 is 1.16. The number of aliphatic carboxylic acids is 1.